The summed E-state index contributed by atoms with van der Waals surface area (Å²) in [5.41, 5.74) is 2.05. The molecule has 0 radical (unpaired) electrons. The molecule has 1 aliphatic rings. The number of benzene rings is 3. The van der Waals surface area contributed by atoms with E-state index in [-0.39, 0.29) is 23.4 Å². The summed E-state index contributed by atoms with van der Waals surface area (Å²) in [5, 5.41) is 3.68. The molecule has 1 atom stereocenters. The molecular weight excluding hydrogens is 626 g/mol. The van der Waals surface area contributed by atoms with Gasteiger partial charge in [0.1, 0.15) is 12.6 Å². The third kappa shape index (κ3) is 7.90. The molecule has 1 N–H and O–H groups in total. The topological polar surface area (TPSA) is 86.8 Å². The van der Waals surface area contributed by atoms with Crippen molar-refractivity contribution in [2.45, 2.75) is 69.5 Å². The first-order chi connectivity index (χ1) is 19.6. The van der Waals surface area contributed by atoms with Gasteiger partial charge < -0.3 is 10.2 Å². The van der Waals surface area contributed by atoms with Crippen molar-refractivity contribution in [3.05, 3.63) is 93.4 Å². The van der Waals surface area contributed by atoms with Gasteiger partial charge in [0.15, 0.2) is 0 Å². The Kier molecular flexibility index (Phi) is 10.5. The van der Waals surface area contributed by atoms with Crippen LogP contribution in [0, 0.1) is 6.92 Å². The van der Waals surface area contributed by atoms with Crippen LogP contribution in [0.1, 0.15) is 50.2 Å². The number of halogens is 2. The van der Waals surface area contributed by atoms with E-state index < -0.39 is 28.5 Å². The normalized spacial score (nSPS) is 14.4. The van der Waals surface area contributed by atoms with Gasteiger partial charge in [0.25, 0.3) is 10.0 Å². The number of nitrogens with zero attached hydrogens (tertiary/aromatic N) is 2. The molecule has 2 amide bonds. The van der Waals surface area contributed by atoms with Crippen molar-refractivity contribution in [1.29, 1.82) is 0 Å². The molecule has 0 saturated heterocycles. The van der Waals surface area contributed by atoms with Gasteiger partial charge in [0.05, 0.1) is 10.6 Å². The fourth-order valence-corrected chi connectivity index (χ4v) is 6.85. The van der Waals surface area contributed by atoms with Crippen LogP contribution < -0.4 is 9.62 Å². The highest BCUT2D eigenvalue weighted by Gasteiger charge is 2.34. The van der Waals surface area contributed by atoms with Crippen LogP contribution in [0.2, 0.25) is 5.02 Å². The monoisotopic (exact) mass is 659 g/mol. The summed E-state index contributed by atoms with van der Waals surface area (Å²) in [6.07, 6.45) is 4.34. The summed E-state index contributed by atoms with van der Waals surface area (Å²) in [6.45, 7) is 3.39. The van der Waals surface area contributed by atoms with Crippen LogP contribution in [0.3, 0.4) is 0 Å². The number of carbonyl (C=O) groups is 2. The van der Waals surface area contributed by atoms with Gasteiger partial charge in [-0.1, -0.05) is 77.1 Å². The Hall–Kier alpha value is -2.88. The number of rotatable bonds is 11. The summed E-state index contributed by atoms with van der Waals surface area (Å²) in [7, 11) is -4.11. The van der Waals surface area contributed by atoms with Gasteiger partial charge >= 0.3 is 0 Å². The van der Waals surface area contributed by atoms with E-state index in [0.29, 0.717) is 17.1 Å². The zero-order chi connectivity index (χ0) is 29.6. The quantitative estimate of drug-likeness (QED) is 0.255. The van der Waals surface area contributed by atoms with E-state index in [9.17, 15) is 18.0 Å². The molecule has 3 aromatic rings. The van der Waals surface area contributed by atoms with Gasteiger partial charge in [0, 0.05) is 22.1 Å². The average molecular weight is 661 g/mol. The molecule has 1 saturated carbocycles. The Labute approximate surface area is 256 Å². The average Bonchev–Trinajstić information content (AvgIpc) is 3.46. The first-order valence-corrected chi connectivity index (χ1v) is 16.4. The van der Waals surface area contributed by atoms with Gasteiger partial charge in [-0.3, -0.25) is 13.9 Å². The van der Waals surface area contributed by atoms with Crippen molar-refractivity contribution in [2.24, 2.45) is 0 Å². The van der Waals surface area contributed by atoms with Crippen LogP contribution in [-0.4, -0.2) is 43.8 Å². The molecule has 10 heteroatoms. The second-order valence-electron chi connectivity index (χ2n) is 10.4. The summed E-state index contributed by atoms with van der Waals surface area (Å²) in [6, 6.07) is 19.7. The molecule has 0 spiro atoms. The van der Waals surface area contributed by atoms with Crippen LogP contribution in [-0.2, 0) is 26.2 Å². The molecule has 0 unspecified atom stereocenters. The number of hydrogen-bond donors (Lipinski definition) is 1. The molecule has 0 aromatic heterocycles. The maximum Gasteiger partial charge on any atom is 0.264 e. The van der Waals surface area contributed by atoms with Crippen molar-refractivity contribution in [1.82, 2.24) is 10.2 Å². The Morgan fingerprint density at radius 1 is 0.976 bits per heavy atom. The molecule has 4 rings (SSSR count). The van der Waals surface area contributed by atoms with Gasteiger partial charge in [-0.25, -0.2) is 8.42 Å². The SMILES string of the molecule is CC[C@H](C(=O)NC1CCCC1)N(Cc1ccc(Cl)cc1)C(=O)CN(c1ccc(Br)cc1)S(=O)(=O)c1ccc(C)cc1. The number of carbonyl (C=O) groups excluding carboxylic acids is 2. The van der Waals surface area contributed by atoms with Gasteiger partial charge in [-0.2, -0.15) is 0 Å². The van der Waals surface area contributed by atoms with Crippen molar-refractivity contribution in [2.75, 3.05) is 10.8 Å². The number of amides is 2. The van der Waals surface area contributed by atoms with Gasteiger partial charge in [-0.15, -0.1) is 0 Å². The molecule has 1 aliphatic carbocycles. The lowest BCUT2D eigenvalue weighted by atomic mass is 10.1. The lowest BCUT2D eigenvalue weighted by Gasteiger charge is -2.33. The molecule has 0 heterocycles. The van der Waals surface area contributed by atoms with E-state index in [1.807, 2.05) is 13.8 Å². The highest BCUT2D eigenvalue weighted by molar-refractivity contribution is 9.10. The molecule has 218 valence electrons. The molecule has 0 bridgehead atoms. The standard InChI is InChI=1S/C31H35BrClN3O4S/c1-3-29(31(38)34-26-6-4-5-7-26)35(20-23-10-14-25(33)15-11-23)30(37)21-36(27-16-12-24(32)13-17-27)41(39,40)28-18-8-22(2)9-19-28/h8-19,26,29H,3-7,20-21H2,1-2H3,(H,34,38)/t29-/m1/s1. The minimum Gasteiger partial charge on any atom is -0.352 e. The molecule has 41 heavy (non-hydrogen) atoms. The first-order valence-electron chi connectivity index (χ1n) is 13.8. The van der Waals surface area contributed by atoms with Crippen LogP contribution in [0.25, 0.3) is 0 Å². The number of anilines is 1. The van der Waals surface area contributed by atoms with Crippen molar-refractivity contribution in [3.8, 4) is 0 Å². The number of hydrogen-bond acceptors (Lipinski definition) is 4. The maximum absolute atomic E-state index is 14.1. The van der Waals surface area contributed by atoms with E-state index in [1.54, 1.807) is 60.7 Å². The second kappa shape index (κ2) is 13.9. The zero-order valence-corrected chi connectivity index (χ0v) is 26.4. The number of nitrogens with one attached hydrogen (secondary N) is 1. The predicted octanol–water partition coefficient (Wildman–Crippen LogP) is 6.47. The second-order valence-corrected chi connectivity index (χ2v) is 13.6. The molecule has 0 aliphatic heterocycles. The van der Waals surface area contributed by atoms with Crippen LogP contribution in [0.15, 0.2) is 82.2 Å². The first kappa shape index (κ1) is 31.1. The fraction of sp³-hybridized carbons (Fsp3) is 0.355. The lowest BCUT2D eigenvalue weighted by molar-refractivity contribution is -0.140. The highest BCUT2D eigenvalue weighted by Crippen LogP contribution is 2.27. The molecule has 7 nitrogen and oxygen atoms in total. The fourth-order valence-electron chi connectivity index (χ4n) is 5.05. The van der Waals surface area contributed by atoms with Gasteiger partial charge in [-0.05, 0) is 80.3 Å². The van der Waals surface area contributed by atoms with E-state index in [4.69, 9.17) is 11.6 Å². The largest absolute Gasteiger partial charge is 0.352 e. The predicted molar refractivity (Wildman–Crippen MR) is 166 cm³/mol. The molecule has 3 aromatic carbocycles. The molecule has 1 fully saturated rings. The minimum atomic E-state index is -4.11. The Balaban J connectivity index is 1.70. The molecular formula is C31H35BrClN3O4S. The Morgan fingerprint density at radius 2 is 1.59 bits per heavy atom. The van der Waals surface area contributed by atoms with Gasteiger partial charge in [0.2, 0.25) is 11.8 Å². The smallest absolute Gasteiger partial charge is 0.264 e. The summed E-state index contributed by atoms with van der Waals surface area (Å²) in [5.74, 6) is -0.703. The van der Waals surface area contributed by atoms with Crippen molar-refractivity contribution < 1.29 is 18.0 Å². The van der Waals surface area contributed by atoms with Crippen LogP contribution in [0.4, 0.5) is 5.69 Å². The Morgan fingerprint density at radius 3 is 2.17 bits per heavy atom. The summed E-state index contributed by atoms with van der Waals surface area (Å²) < 4.78 is 29.8. The van der Waals surface area contributed by atoms with Crippen molar-refractivity contribution >= 4 is 55.1 Å². The third-order valence-corrected chi connectivity index (χ3v) is 9.92. The van der Waals surface area contributed by atoms with Crippen LogP contribution >= 0.6 is 27.5 Å². The van der Waals surface area contributed by atoms with E-state index in [2.05, 4.69) is 21.2 Å². The maximum atomic E-state index is 14.1. The zero-order valence-electron chi connectivity index (χ0n) is 23.2. The third-order valence-electron chi connectivity index (χ3n) is 7.36. The lowest BCUT2D eigenvalue weighted by Crippen LogP contribution is -2.53. The highest BCUT2D eigenvalue weighted by atomic mass is 79.9. The summed E-state index contributed by atoms with van der Waals surface area (Å²) in [4.78, 5) is 29.2. The van der Waals surface area contributed by atoms with E-state index in [1.165, 1.54) is 17.0 Å². The van der Waals surface area contributed by atoms with E-state index in [0.717, 1.165) is 45.6 Å². The number of sulfonamides is 1. The minimum absolute atomic E-state index is 0.0779. The van der Waals surface area contributed by atoms with Crippen molar-refractivity contribution in [3.63, 3.8) is 0 Å². The van der Waals surface area contributed by atoms with E-state index >= 15 is 0 Å². The van der Waals surface area contributed by atoms with Crippen LogP contribution in [0.5, 0.6) is 0 Å². The number of aryl methyl sites for hydroxylation is 1. The Bertz CT molecular complexity index is 1440. The summed E-state index contributed by atoms with van der Waals surface area (Å²) >= 11 is 9.49.